The van der Waals surface area contributed by atoms with E-state index in [9.17, 15) is 9.59 Å². The van der Waals surface area contributed by atoms with Gasteiger partial charge in [-0.05, 0) is 32.9 Å². The summed E-state index contributed by atoms with van der Waals surface area (Å²) in [7, 11) is 1.51. The van der Waals surface area contributed by atoms with Crippen LogP contribution in [0.5, 0.6) is 0 Å². The first kappa shape index (κ1) is 14.0. The Hall–Kier alpha value is -2.11. The van der Waals surface area contributed by atoms with Gasteiger partial charge in [0, 0.05) is 13.2 Å². The molecular weight excluding hydrogens is 236 g/mol. The van der Waals surface area contributed by atoms with Crippen LogP contribution in [0.3, 0.4) is 0 Å². The number of amides is 1. The maximum absolute atomic E-state index is 11.8. The van der Waals surface area contributed by atoms with E-state index >= 15 is 0 Å². The Balaban J connectivity index is 2.90. The summed E-state index contributed by atoms with van der Waals surface area (Å²) >= 11 is 0. The van der Waals surface area contributed by atoms with Gasteiger partial charge in [-0.2, -0.15) is 0 Å². The molecule has 18 heavy (non-hydrogen) atoms. The van der Waals surface area contributed by atoms with Crippen LogP contribution in [0.25, 0.3) is 0 Å². The van der Waals surface area contributed by atoms with Crippen molar-refractivity contribution in [2.75, 3.05) is 11.9 Å². The van der Waals surface area contributed by atoms with E-state index in [2.05, 4.69) is 4.98 Å². The Morgan fingerprint density at radius 3 is 2.50 bits per heavy atom. The van der Waals surface area contributed by atoms with Crippen molar-refractivity contribution < 1.29 is 19.4 Å². The zero-order chi connectivity index (χ0) is 13.9. The molecule has 1 amide bonds. The molecule has 1 N–H and O–H groups in total. The molecule has 0 spiro atoms. The molecule has 0 radical (unpaired) electrons. The van der Waals surface area contributed by atoms with E-state index in [0.717, 1.165) is 0 Å². The van der Waals surface area contributed by atoms with Crippen LogP contribution in [0.4, 0.5) is 10.5 Å². The molecule has 0 unspecified atom stereocenters. The second-order valence-corrected chi connectivity index (χ2v) is 4.74. The second kappa shape index (κ2) is 5.03. The summed E-state index contributed by atoms with van der Waals surface area (Å²) in [4.78, 5) is 27.5. The summed E-state index contributed by atoms with van der Waals surface area (Å²) < 4.78 is 5.17. The highest BCUT2D eigenvalue weighted by atomic mass is 16.6. The van der Waals surface area contributed by atoms with E-state index in [0.29, 0.717) is 5.69 Å². The normalized spacial score (nSPS) is 10.9. The van der Waals surface area contributed by atoms with Gasteiger partial charge in [0.25, 0.3) is 0 Å². The molecule has 0 bridgehead atoms. The van der Waals surface area contributed by atoms with Crippen molar-refractivity contribution in [1.82, 2.24) is 4.98 Å². The van der Waals surface area contributed by atoms with Gasteiger partial charge >= 0.3 is 12.1 Å². The fourth-order valence-electron chi connectivity index (χ4n) is 1.18. The zero-order valence-corrected chi connectivity index (χ0v) is 10.8. The molecule has 0 atom stereocenters. The third-order valence-electron chi connectivity index (χ3n) is 2.02. The van der Waals surface area contributed by atoms with E-state index < -0.39 is 17.7 Å². The molecule has 0 aliphatic rings. The first-order valence-corrected chi connectivity index (χ1v) is 5.37. The number of carbonyl (C=O) groups is 2. The number of aromatic carboxylic acids is 1. The van der Waals surface area contributed by atoms with Crippen molar-refractivity contribution in [3.8, 4) is 0 Å². The van der Waals surface area contributed by atoms with Gasteiger partial charge in [-0.3, -0.25) is 4.90 Å². The SMILES string of the molecule is CN(C(=O)OC(C)(C)C)c1ccnc(C(=O)O)c1. The average molecular weight is 252 g/mol. The Morgan fingerprint density at radius 1 is 1.39 bits per heavy atom. The van der Waals surface area contributed by atoms with Crippen molar-refractivity contribution >= 4 is 17.7 Å². The fourth-order valence-corrected chi connectivity index (χ4v) is 1.18. The number of rotatable bonds is 2. The number of ether oxygens (including phenoxy) is 1. The van der Waals surface area contributed by atoms with Gasteiger partial charge in [-0.15, -0.1) is 0 Å². The van der Waals surface area contributed by atoms with Crippen LogP contribution in [-0.2, 0) is 4.74 Å². The summed E-state index contributed by atoms with van der Waals surface area (Å²) in [5, 5.41) is 8.82. The Morgan fingerprint density at radius 2 is 2.00 bits per heavy atom. The van der Waals surface area contributed by atoms with Crippen LogP contribution in [-0.4, -0.2) is 34.8 Å². The predicted octanol–water partition coefficient (Wildman–Crippen LogP) is 2.15. The first-order valence-electron chi connectivity index (χ1n) is 5.37. The van der Waals surface area contributed by atoms with Crippen LogP contribution in [0.2, 0.25) is 0 Å². The maximum atomic E-state index is 11.8. The predicted molar refractivity (Wildman–Crippen MR) is 65.8 cm³/mol. The molecular formula is C12H16N2O4. The summed E-state index contributed by atoms with van der Waals surface area (Å²) in [5.41, 5.74) is -0.312. The molecule has 1 aromatic heterocycles. The van der Waals surface area contributed by atoms with Crippen LogP contribution >= 0.6 is 0 Å². The summed E-state index contributed by atoms with van der Waals surface area (Å²) in [6.45, 7) is 5.27. The number of aromatic nitrogens is 1. The van der Waals surface area contributed by atoms with Crippen LogP contribution in [0, 0.1) is 0 Å². The summed E-state index contributed by atoms with van der Waals surface area (Å²) in [5.74, 6) is -1.14. The van der Waals surface area contributed by atoms with Gasteiger partial charge in [-0.25, -0.2) is 14.6 Å². The average Bonchev–Trinajstić information content (AvgIpc) is 2.26. The van der Waals surface area contributed by atoms with E-state index in [1.165, 1.54) is 30.3 Å². The van der Waals surface area contributed by atoms with Crippen LogP contribution < -0.4 is 4.90 Å². The molecule has 0 aromatic carbocycles. The third kappa shape index (κ3) is 3.73. The molecule has 0 aliphatic carbocycles. The third-order valence-corrected chi connectivity index (χ3v) is 2.02. The first-order chi connectivity index (χ1) is 8.20. The minimum atomic E-state index is -1.14. The molecule has 6 nitrogen and oxygen atoms in total. The van der Waals surface area contributed by atoms with Gasteiger partial charge in [-0.1, -0.05) is 0 Å². The molecule has 0 fully saturated rings. The smallest absolute Gasteiger partial charge is 0.414 e. The van der Waals surface area contributed by atoms with Crippen molar-refractivity contribution in [3.63, 3.8) is 0 Å². The molecule has 1 aromatic rings. The number of pyridine rings is 1. The van der Waals surface area contributed by atoms with Crippen molar-refractivity contribution in [2.24, 2.45) is 0 Å². The molecule has 98 valence electrons. The monoisotopic (exact) mass is 252 g/mol. The largest absolute Gasteiger partial charge is 0.477 e. The number of hydrogen-bond donors (Lipinski definition) is 1. The molecule has 0 saturated heterocycles. The van der Waals surface area contributed by atoms with E-state index in [4.69, 9.17) is 9.84 Å². The lowest BCUT2D eigenvalue weighted by Gasteiger charge is -2.24. The Bertz CT molecular complexity index is 465. The fraction of sp³-hybridized carbons (Fsp3) is 0.417. The molecule has 1 rings (SSSR count). The number of carboxylic acids is 1. The summed E-state index contributed by atoms with van der Waals surface area (Å²) in [6, 6.07) is 2.85. The number of nitrogens with zero attached hydrogens (tertiary/aromatic N) is 2. The van der Waals surface area contributed by atoms with Gasteiger partial charge in [0.05, 0.1) is 5.69 Å². The van der Waals surface area contributed by atoms with E-state index in [1.54, 1.807) is 20.8 Å². The lowest BCUT2D eigenvalue weighted by atomic mass is 10.2. The molecule has 6 heteroatoms. The maximum Gasteiger partial charge on any atom is 0.414 e. The standard InChI is InChI=1S/C12H16N2O4/c1-12(2,3)18-11(17)14(4)8-5-6-13-9(7-8)10(15)16/h5-7H,1-4H3,(H,15,16). The van der Waals surface area contributed by atoms with E-state index in [1.807, 2.05) is 0 Å². The number of carbonyl (C=O) groups excluding carboxylic acids is 1. The number of hydrogen-bond acceptors (Lipinski definition) is 4. The highest BCUT2D eigenvalue weighted by molar-refractivity contribution is 5.90. The summed E-state index contributed by atoms with van der Waals surface area (Å²) in [6.07, 6.45) is 0.782. The Labute approximate surface area is 105 Å². The van der Waals surface area contributed by atoms with E-state index in [-0.39, 0.29) is 5.69 Å². The molecule has 0 saturated carbocycles. The Kier molecular flexibility index (Phi) is 3.90. The van der Waals surface area contributed by atoms with Gasteiger partial charge in [0.1, 0.15) is 11.3 Å². The van der Waals surface area contributed by atoms with Crippen molar-refractivity contribution in [3.05, 3.63) is 24.0 Å². The lowest BCUT2D eigenvalue weighted by Crippen LogP contribution is -2.34. The quantitative estimate of drug-likeness (QED) is 0.872. The van der Waals surface area contributed by atoms with Crippen LogP contribution in [0.1, 0.15) is 31.3 Å². The number of carboxylic acid groups (broad SMARTS) is 1. The van der Waals surface area contributed by atoms with Crippen LogP contribution in [0.15, 0.2) is 18.3 Å². The highest BCUT2D eigenvalue weighted by Crippen LogP contribution is 2.17. The minimum absolute atomic E-state index is 0.122. The zero-order valence-electron chi connectivity index (χ0n) is 10.8. The molecule has 0 aliphatic heterocycles. The minimum Gasteiger partial charge on any atom is -0.477 e. The van der Waals surface area contributed by atoms with Gasteiger partial charge in [0.15, 0.2) is 0 Å². The van der Waals surface area contributed by atoms with Gasteiger partial charge < -0.3 is 9.84 Å². The topological polar surface area (TPSA) is 79.7 Å². The highest BCUT2D eigenvalue weighted by Gasteiger charge is 2.21. The van der Waals surface area contributed by atoms with Crippen molar-refractivity contribution in [1.29, 1.82) is 0 Å². The lowest BCUT2D eigenvalue weighted by molar-refractivity contribution is 0.0587. The molecule has 1 heterocycles. The number of anilines is 1. The second-order valence-electron chi connectivity index (χ2n) is 4.74. The van der Waals surface area contributed by atoms with Crippen molar-refractivity contribution in [2.45, 2.75) is 26.4 Å². The van der Waals surface area contributed by atoms with Gasteiger partial charge in [0.2, 0.25) is 0 Å².